The number of nitrogens with one attached hydrogen (secondary N) is 1. The summed E-state index contributed by atoms with van der Waals surface area (Å²) in [7, 11) is 4.25. The van der Waals surface area contributed by atoms with Crippen LogP contribution in [-0.4, -0.2) is 77.6 Å². The van der Waals surface area contributed by atoms with Gasteiger partial charge in [-0.3, -0.25) is 34.3 Å². The van der Waals surface area contributed by atoms with Gasteiger partial charge in [0.25, 0.3) is 11.8 Å². The molecule has 1 saturated carbocycles. The number of hydrogen-bond donors (Lipinski definition) is 3. The van der Waals surface area contributed by atoms with Gasteiger partial charge >= 0.3 is 5.97 Å². The third kappa shape index (κ3) is 5.56. The molecule has 0 bridgehead atoms. The van der Waals surface area contributed by atoms with Crippen LogP contribution in [0.5, 0.6) is 23.0 Å². The number of likely N-dealkylation sites (tertiary alicyclic amines) is 1. The van der Waals surface area contributed by atoms with Crippen molar-refractivity contribution in [3.8, 4) is 23.0 Å². The number of fused-ring (bicyclic) bond motifs is 4. The Kier molecular flexibility index (Phi) is 9.27. The number of benzene rings is 3. The first-order chi connectivity index (χ1) is 25.4. The molecular weight excluding hydrogens is 729 g/mol. The molecular formula is C38H35Cl2N3O10. The number of carbonyl (C=O) groups excluding carboxylic acids is 4. The number of nitrogens with zero attached hydrogens (tertiary/aromatic N) is 2. The van der Waals surface area contributed by atoms with E-state index in [1.54, 1.807) is 48.5 Å². The highest BCUT2D eigenvalue weighted by Gasteiger charge is 2.70. The van der Waals surface area contributed by atoms with Crippen molar-refractivity contribution in [2.45, 2.75) is 30.6 Å². The predicted molar refractivity (Wildman–Crippen MR) is 191 cm³/mol. The van der Waals surface area contributed by atoms with Crippen LogP contribution in [0.15, 0.2) is 66.2 Å². The average Bonchev–Trinajstić information content (AvgIpc) is 3.52. The van der Waals surface area contributed by atoms with Crippen molar-refractivity contribution < 1.29 is 48.4 Å². The maximum Gasteiger partial charge on any atom is 0.305 e. The van der Waals surface area contributed by atoms with E-state index in [9.17, 15) is 29.4 Å². The normalized spacial score (nSPS) is 26.1. The molecule has 6 atom stereocenters. The monoisotopic (exact) mass is 763 g/mol. The summed E-state index contributed by atoms with van der Waals surface area (Å²) in [6.07, 6.45) is 1.59. The lowest BCUT2D eigenvalue weighted by atomic mass is 9.49. The van der Waals surface area contributed by atoms with Crippen LogP contribution in [0.25, 0.3) is 0 Å². The summed E-state index contributed by atoms with van der Waals surface area (Å²) >= 11 is 12.7. The zero-order chi connectivity index (χ0) is 37.9. The lowest BCUT2D eigenvalue weighted by Crippen LogP contribution is -2.53. The first kappa shape index (κ1) is 36.1. The fraction of sp³-hybridized carbons (Fsp3) is 0.342. The van der Waals surface area contributed by atoms with Crippen LogP contribution in [0.2, 0.25) is 10.0 Å². The second-order valence-electron chi connectivity index (χ2n) is 13.5. The third-order valence-electron chi connectivity index (χ3n) is 11.1. The number of imide groups is 2. The second kappa shape index (κ2) is 13.6. The predicted octanol–water partition coefficient (Wildman–Crippen LogP) is 5.18. The molecule has 53 heavy (non-hydrogen) atoms. The van der Waals surface area contributed by atoms with Gasteiger partial charge in [0.1, 0.15) is 5.75 Å². The quantitative estimate of drug-likeness (QED) is 0.184. The number of hydrogen-bond acceptors (Lipinski definition) is 10. The van der Waals surface area contributed by atoms with Gasteiger partial charge in [-0.05, 0) is 72.4 Å². The highest BCUT2D eigenvalue weighted by molar-refractivity contribution is 6.36. The van der Waals surface area contributed by atoms with Crippen molar-refractivity contribution in [3.05, 3.63) is 87.4 Å². The van der Waals surface area contributed by atoms with Crippen LogP contribution < -0.4 is 19.6 Å². The summed E-state index contributed by atoms with van der Waals surface area (Å²) in [4.78, 5) is 70.5. The number of phenols is 1. The first-order valence-electron chi connectivity index (χ1n) is 16.8. The maximum atomic E-state index is 15.4. The molecule has 7 rings (SSSR count). The van der Waals surface area contributed by atoms with Crippen LogP contribution in [-0.2, 0) is 29.4 Å². The Morgan fingerprint density at radius 1 is 0.906 bits per heavy atom. The van der Waals surface area contributed by atoms with Crippen LogP contribution in [0.1, 0.15) is 36.3 Å². The molecule has 3 fully saturated rings. The Hall–Kier alpha value is -5.27. The molecule has 0 aromatic heterocycles. The Bertz CT molecular complexity index is 2060. The molecule has 2 saturated heterocycles. The Morgan fingerprint density at radius 2 is 1.58 bits per heavy atom. The highest BCUT2D eigenvalue weighted by atomic mass is 35.5. The molecule has 276 valence electrons. The number of allylic oxidation sites excluding steroid dienone is 2. The van der Waals surface area contributed by atoms with Gasteiger partial charge in [-0.2, -0.15) is 5.01 Å². The molecule has 13 nitrogen and oxygen atoms in total. The minimum atomic E-state index is -1.66. The number of carboxylic acids is 1. The zero-order valence-electron chi connectivity index (χ0n) is 28.8. The number of rotatable bonds is 10. The zero-order valence-corrected chi connectivity index (χ0v) is 30.3. The van der Waals surface area contributed by atoms with Gasteiger partial charge in [0.2, 0.25) is 17.6 Å². The minimum Gasteiger partial charge on any atom is -0.502 e. The van der Waals surface area contributed by atoms with Crippen LogP contribution >= 0.6 is 23.2 Å². The Morgan fingerprint density at radius 3 is 2.19 bits per heavy atom. The van der Waals surface area contributed by atoms with E-state index in [1.807, 2.05) is 6.08 Å². The molecule has 4 aliphatic rings. The van der Waals surface area contributed by atoms with Crippen molar-refractivity contribution in [2.24, 2.45) is 23.7 Å². The lowest BCUT2D eigenvalue weighted by molar-refractivity contribution is -0.143. The maximum absolute atomic E-state index is 15.4. The molecule has 3 N–H and O–H groups in total. The molecule has 15 heteroatoms. The van der Waals surface area contributed by atoms with Gasteiger partial charge in [-0.1, -0.05) is 47.0 Å². The molecule has 2 aliphatic heterocycles. The van der Waals surface area contributed by atoms with Crippen molar-refractivity contribution in [1.82, 2.24) is 9.91 Å². The Labute approximate surface area is 314 Å². The van der Waals surface area contributed by atoms with E-state index in [2.05, 4.69) is 5.43 Å². The third-order valence-corrected chi connectivity index (χ3v) is 11.6. The van der Waals surface area contributed by atoms with E-state index in [0.717, 1.165) is 9.91 Å². The standard InChI is InChI=1S/C38H35Cl2N3O10/c1-51-21-7-4-19(5-8-21)38-25(35(48)43(37(38)50)41-27-11-6-20(39)16-26(27)40)17-24-22(32(38)18-14-28(52-2)33(46)29(15-18)53-3)9-10-23-31(24)36(49)42(34(23)47)13-12-30(44)45/h4-9,11,14-16,23-25,31-32,41,46H,10,12-13,17H2,1-3H3,(H,44,45). The van der Waals surface area contributed by atoms with Gasteiger partial charge in [-0.25, -0.2) is 0 Å². The molecule has 3 aromatic carbocycles. The van der Waals surface area contributed by atoms with Crippen LogP contribution in [0, 0.1) is 23.7 Å². The molecule has 6 unspecified atom stereocenters. The van der Waals surface area contributed by atoms with E-state index < -0.39 is 71.0 Å². The molecule has 2 heterocycles. The van der Waals surface area contributed by atoms with Crippen molar-refractivity contribution in [3.63, 3.8) is 0 Å². The second-order valence-corrected chi connectivity index (χ2v) is 14.3. The summed E-state index contributed by atoms with van der Waals surface area (Å²) in [6.45, 7) is -0.284. The summed E-state index contributed by atoms with van der Waals surface area (Å²) in [5.41, 5.74) is 3.08. The molecule has 0 spiro atoms. The number of aromatic hydroxyl groups is 1. The van der Waals surface area contributed by atoms with Gasteiger partial charge in [0.05, 0.1) is 61.6 Å². The fourth-order valence-corrected chi connectivity index (χ4v) is 9.24. The van der Waals surface area contributed by atoms with Crippen molar-refractivity contribution in [2.75, 3.05) is 33.3 Å². The average molecular weight is 765 g/mol. The van der Waals surface area contributed by atoms with Gasteiger partial charge in [-0.15, -0.1) is 0 Å². The van der Waals surface area contributed by atoms with Crippen LogP contribution in [0.4, 0.5) is 5.69 Å². The summed E-state index contributed by atoms with van der Waals surface area (Å²) in [5.74, 6) is -7.50. The number of aliphatic carboxylic acids is 1. The van der Waals surface area contributed by atoms with Gasteiger partial charge in [0, 0.05) is 17.5 Å². The highest BCUT2D eigenvalue weighted by Crippen LogP contribution is 2.65. The SMILES string of the molecule is COc1ccc(C23C(=O)N(Nc4ccc(Cl)cc4Cl)C(=O)C2CC2C(=CCC4C(=O)N(CCC(=O)O)C(=O)C42)C3c2cc(OC)c(O)c(OC)c2)cc1. The number of hydrazine groups is 1. The Balaban J connectivity index is 1.47. The van der Waals surface area contributed by atoms with E-state index in [4.69, 9.17) is 37.4 Å². The minimum absolute atomic E-state index is 0.00474. The van der Waals surface area contributed by atoms with Gasteiger partial charge in [0.15, 0.2) is 11.5 Å². The molecule has 3 aromatic rings. The number of carbonyl (C=O) groups is 5. The summed E-state index contributed by atoms with van der Waals surface area (Å²) < 4.78 is 16.5. The molecule has 0 radical (unpaired) electrons. The van der Waals surface area contributed by atoms with Crippen LogP contribution in [0.3, 0.4) is 0 Å². The topological polar surface area (TPSA) is 172 Å². The fourth-order valence-electron chi connectivity index (χ4n) is 8.79. The van der Waals surface area contributed by atoms with Gasteiger partial charge < -0.3 is 24.4 Å². The molecule has 2 aliphatic carbocycles. The number of phenolic OH excluding ortho intramolecular Hbond substituents is 1. The lowest BCUT2D eigenvalue weighted by Gasteiger charge is -2.50. The number of carboxylic acid groups (broad SMARTS) is 1. The smallest absolute Gasteiger partial charge is 0.305 e. The van der Waals surface area contributed by atoms with E-state index >= 15 is 4.79 Å². The van der Waals surface area contributed by atoms with E-state index in [0.29, 0.717) is 27.5 Å². The van der Waals surface area contributed by atoms with E-state index in [-0.39, 0.29) is 47.3 Å². The number of ether oxygens (including phenoxy) is 3. The summed E-state index contributed by atoms with van der Waals surface area (Å²) in [6, 6.07) is 14.6. The number of halogens is 2. The number of anilines is 1. The summed E-state index contributed by atoms with van der Waals surface area (Å²) in [5, 5.41) is 21.7. The molecule has 4 amide bonds. The number of amides is 4. The number of methoxy groups -OCH3 is 3. The van der Waals surface area contributed by atoms with Crippen molar-refractivity contribution in [1.29, 1.82) is 0 Å². The largest absolute Gasteiger partial charge is 0.502 e. The van der Waals surface area contributed by atoms with E-state index in [1.165, 1.54) is 27.4 Å². The first-order valence-corrected chi connectivity index (χ1v) is 17.6. The van der Waals surface area contributed by atoms with Crippen molar-refractivity contribution >= 4 is 58.5 Å².